The number of pyridine rings is 1. The van der Waals surface area contributed by atoms with E-state index in [1.54, 1.807) is 16.7 Å². The minimum Gasteiger partial charge on any atom is -0.308 e. The zero-order chi connectivity index (χ0) is 14.7. The Kier molecular flexibility index (Phi) is 4.60. The summed E-state index contributed by atoms with van der Waals surface area (Å²) in [6.07, 6.45) is 9.01. The van der Waals surface area contributed by atoms with Crippen LogP contribution in [0.15, 0.2) is 35.3 Å². The lowest BCUT2D eigenvalue weighted by Crippen LogP contribution is -2.35. The standard InChI is InChI=1S/C16H21N3OS/c1-21-14-6-4-5-12(9-14)17-11-13-10-16(20)19-8-3-2-7-15(19)18-13/h2-3,7-8,10,12,14,17H,4-6,9,11H2,1H3. The molecule has 0 saturated heterocycles. The normalized spacial score (nSPS) is 22.5. The Labute approximate surface area is 129 Å². The van der Waals surface area contributed by atoms with E-state index in [2.05, 4.69) is 16.6 Å². The van der Waals surface area contributed by atoms with E-state index in [0.717, 1.165) is 10.9 Å². The number of nitrogens with zero attached hydrogens (tertiary/aromatic N) is 2. The number of hydrogen-bond acceptors (Lipinski definition) is 4. The van der Waals surface area contributed by atoms with E-state index in [0.29, 0.717) is 18.2 Å². The lowest BCUT2D eigenvalue weighted by molar-refractivity contribution is 0.378. The van der Waals surface area contributed by atoms with Gasteiger partial charge in [-0.3, -0.25) is 9.20 Å². The molecule has 112 valence electrons. The van der Waals surface area contributed by atoms with E-state index in [1.165, 1.54) is 25.7 Å². The van der Waals surface area contributed by atoms with Crippen molar-refractivity contribution in [2.24, 2.45) is 0 Å². The van der Waals surface area contributed by atoms with Crippen LogP contribution in [0.2, 0.25) is 0 Å². The second-order valence-corrected chi connectivity index (χ2v) is 6.75. The van der Waals surface area contributed by atoms with Crippen LogP contribution in [0, 0.1) is 0 Å². The van der Waals surface area contributed by atoms with Crippen LogP contribution < -0.4 is 10.9 Å². The average molecular weight is 303 g/mol. The SMILES string of the molecule is CSC1CCCC(NCc2cc(=O)n3ccccc3n2)C1. The number of hydrogen-bond donors (Lipinski definition) is 1. The molecule has 0 radical (unpaired) electrons. The molecule has 1 fully saturated rings. The maximum absolute atomic E-state index is 12.0. The number of rotatable bonds is 4. The predicted octanol–water partition coefficient (Wildman–Crippen LogP) is 2.46. The first kappa shape index (κ1) is 14.6. The van der Waals surface area contributed by atoms with Crippen LogP contribution in [0.1, 0.15) is 31.4 Å². The van der Waals surface area contributed by atoms with Crippen molar-refractivity contribution in [1.82, 2.24) is 14.7 Å². The lowest BCUT2D eigenvalue weighted by Gasteiger charge is -2.28. The third kappa shape index (κ3) is 3.47. The maximum Gasteiger partial charge on any atom is 0.258 e. The lowest BCUT2D eigenvalue weighted by atomic mass is 9.95. The molecule has 1 aliphatic carbocycles. The van der Waals surface area contributed by atoms with Gasteiger partial charge in [0.1, 0.15) is 5.65 Å². The van der Waals surface area contributed by atoms with E-state index < -0.39 is 0 Å². The highest BCUT2D eigenvalue weighted by atomic mass is 32.2. The fourth-order valence-electron chi connectivity index (χ4n) is 2.99. The van der Waals surface area contributed by atoms with Crippen molar-refractivity contribution in [2.45, 2.75) is 43.5 Å². The Morgan fingerprint density at radius 1 is 1.43 bits per heavy atom. The van der Waals surface area contributed by atoms with Gasteiger partial charge in [0, 0.05) is 30.1 Å². The third-order valence-electron chi connectivity index (χ3n) is 4.16. The second-order valence-electron chi connectivity index (χ2n) is 5.62. The Balaban J connectivity index is 1.69. The number of aromatic nitrogens is 2. The average Bonchev–Trinajstić information content (AvgIpc) is 2.53. The molecular formula is C16H21N3OS. The maximum atomic E-state index is 12.0. The molecule has 0 spiro atoms. The summed E-state index contributed by atoms with van der Waals surface area (Å²) in [5, 5.41) is 4.34. The summed E-state index contributed by atoms with van der Waals surface area (Å²) >= 11 is 1.97. The minimum atomic E-state index is -0.0111. The first-order valence-corrected chi connectivity index (χ1v) is 8.78. The monoisotopic (exact) mass is 303 g/mol. The van der Waals surface area contributed by atoms with E-state index in [-0.39, 0.29) is 5.56 Å². The summed E-state index contributed by atoms with van der Waals surface area (Å²) in [6.45, 7) is 0.673. The highest BCUT2D eigenvalue weighted by Gasteiger charge is 2.20. The summed E-state index contributed by atoms with van der Waals surface area (Å²) in [5.74, 6) is 0. The molecule has 21 heavy (non-hydrogen) atoms. The van der Waals surface area contributed by atoms with Crippen molar-refractivity contribution in [3.8, 4) is 0 Å². The molecular weight excluding hydrogens is 282 g/mol. The van der Waals surface area contributed by atoms with E-state index >= 15 is 0 Å². The van der Waals surface area contributed by atoms with Crippen LogP contribution in [-0.2, 0) is 6.54 Å². The quantitative estimate of drug-likeness (QED) is 0.942. The van der Waals surface area contributed by atoms with Gasteiger partial charge in [-0.15, -0.1) is 0 Å². The number of fused-ring (bicyclic) bond motifs is 1. The molecule has 1 saturated carbocycles. The van der Waals surface area contributed by atoms with Gasteiger partial charge in [0.15, 0.2) is 0 Å². The fourth-order valence-corrected chi connectivity index (χ4v) is 3.81. The van der Waals surface area contributed by atoms with Crippen molar-refractivity contribution >= 4 is 17.4 Å². The molecule has 4 nitrogen and oxygen atoms in total. The first-order valence-electron chi connectivity index (χ1n) is 7.50. The highest BCUT2D eigenvalue weighted by Crippen LogP contribution is 2.26. The molecule has 0 bridgehead atoms. The Bertz CT molecular complexity index is 670. The van der Waals surface area contributed by atoms with Gasteiger partial charge in [-0.2, -0.15) is 11.8 Å². The van der Waals surface area contributed by atoms with Gasteiger partial charge in [-0.1, -0.05) is 12.5 Å². The summed E-state index contributed by atoms with van der Waals surface area (Å²) < 4.78 is 1.58. The molecule has 1 N–H and O–H groups in total. The molecule has 0 aliphatic heterocycles. The molecule has 2 unspecified atom stereocenters. The summed E-state index contributed by atoms with van der Waals surface area (Å²) in [4.78, 5) is 16.6. The second kappa shape index (κ2) is 6.62. The Hall–Kier alpha value is -1.33. The van der Waals surface area contributed by atoms with Crippen molar-refractivity contribution in [2.75, 3.05) is 6.26 Å². The van der Waals surface area contributed by atoms with Crippen LogP contribution in [0.5, 0.6) is 0 Å². The van der Waals surface area contributed by atoms with Gasteiger partial charge in [0.25, 0.3) is 5.56 Å². The van der Waals surface area contributed by atoms with Crippen molar-refractivity contribution in [3.63, 3.8) is 0 Å². The van der Waals surface area contributed by atoms with E-state index in [9.17, 15) is 4.79 Å². The van der Waals surface area contributed by atoms with Crippen LogP contribution in [-0.4, -0.2) is 26.9 Å². The van der Waals surface area contributed by atoms with Crippen molar-refractivity contribution < 1.29 is 0 Å². The number of nitrogens with one attached hydrogen (secondary N) is 1. The molecule has 0 amide bonds. The molecule has 2 atom stereocenters. The molecule has 3 rings (SSSR count). The minimum absolute atomic E-state index is 0.0111. The summed E-state index contributed by atoms with van der Waals surface area (Å²) in [7, 11) is 0. The molecule has 0 aromatic carbocycles. The van der Waals surface area contributed by atoms with Crippen LogP contribution in [0.3, 0.4) is 0 Å². The van der Waals surface area contributed by atoms with Crippen molar-refractivity contribution in [1.29, 1.82) is 0 Å². The fraction of sp³-hybridized carbons (Fsp3) is 0.500. The predicted molar refractivity (Wildman–Crippen MR) is 87.9 cm³/mol. The molecule has 2 aromatic heterocycles. The van der Waals surface area contributed by atoms with Gasteiger partial charge in [0.05, 0.1) is 5.69 Å². The van der Waals surface area contributed by atoms with Gasteiger partial charge in [-0.05, 0) is 37.7 Å². The van der Waals surface area contributed by atoms with E-state index in [4.69, 9.17) is 0 Å². The Morgan fingerprint density at radius 3 is 3.19 bits per heavy atom. The molecule has 1 aliphatic rings. The van der Waals surface area contributed by atoms with Crippen LogP contribution >= 0.6 is 11.8 Å². The largest absolute Gasteiger partial charge is 0.308 e. The first-order chi connectivity index (χ1) is 10.3. The topological polar surface area (TPSA) is 46.4 Å². The molecule has 2 heterocycles. The summed E-state index contributed by atoms with van der Waals surface area (Å²) in [6, 6.07) is 7.80. The molecule has 2 aromatic rings. The van der Waals surface area contributed by atoms with Gasteiger partial charge < -0.3 is 5.32 Å². The van der Waals surface area contributed by atoms with E-state index in [1.807, 2.05) is 30.0 Å². The zero-order valence-corrected chi connectivity index (χ0v) is 13.1. The van der Waals surface area contributed by atoms with Gasteiger partial charge >= 0.3 is 0 Å². The van der Waals surface area contributed by atoms with Gasteiger partial charge in [0.2, 0.25) is 0 Å². The van der Waals surface area contributed by atoms with Gasteiger partial charge in [-0.25, -0.2) is 4.98 Å². The smallest absolute Gasteiger partial charge is 0.258 e. The number of thioether (sulfide) groups is 1. The van der Waals surface area contributed by atoms with Crippen LogP contribution in [0.4, 0.5) is 0 Å². The zero-order valence-electron chi connectivity index (χ0n) is 12.3. The highest BCUT2D eigenvalue weighted by molar-refractivity contribution is 7.99. The summed E-state index contributed by atoms with van der Waals surface area (Å²) in [5.41, 5.74) is 1.54. The van der Waals surface area contributed by atoms with Crippen LogP contribution in [0.25, 0.3) is 5.65 Å². The third-order valence-corrected chi connectivity index (χ3v) is 5.25. The Morgan fingerprint density at radius 2 is 2.33 bits per heavy atom. The molecule has 5 heteroatoms. The van der Waals surface area contributed by atoms with Crippen molar-refractivity contribution in [3.05, 3.63) is 46.5 Å².